The molecule has 2 aromatic carbocycles. The highest BCUT2D eigenvalue weighted by molar-refractivity contribution is 7.18. The van der Waals surface area contributed by atoms with Crippen LogP contribution in [0.2, 0.25) is 0 Å². The van der Waals surface area contributed by atoms with Crippen LogP contribution in [0, 0.1) is 18.8 Å². The molecule has 1 aromatic heterocycles. The minimum absolute atomic E-state index is 0.152. The molecular weight excluding hydrogens is 368 g/mol. The normalized spacial score (nSPS) is 10.4. The quantitative estimate of drug-likeness (QED) is 0.407. The molecule has 1 N–H and O–H groups in total. The maximum Gasteiger partial charge on any atom is 0.255 e. The Balaban J connectivity index is 1.57. The third-order valence-electron chi connectivity index (χ3n) is 4.19. The molecule has 0 spiro atoms. The zero-order chi connectivity index (χ0) is 19.8. The minimum Gasteiger partial charge on any atom is -0.481 e. The third-order valence-corrected chi connectivity index (χ3v) is 5.12. The predicted octanol–water partition coefficient (Wildman–Crippen LogP) is 5.82. The molecule has 0 fully saturated rings. The monoisotopic (exact) mass is 392 g/mol. The van der Waals surface area contributed by atoms with Crippen molar-refractivity contribution in [1.29, 1.82) is 0 Å². The second-order valence-corrected chi connectivity index (χ2v) is 7.73. The average molecular weight is 393 g/mol. The summed E-state index contributed by atoms with van der Waals surface area (Å²) in [5.41, 5.74) is 2.23. The van der Waals surface area contributed by atoms with E-state index in [-0.39, 0.29) is 5.91 Å². The van der Waals surface area contributed by atoms with Gasteiger partial charge in [0, 0.05) is 23.7 Å². The molecule has 0 saturated heterocycles. The van der Waals surface area contributed by atoms with Gasteiger partial charge in [0.05, 0.1) is 15.2 Å². The van der Waals surface area contributed by atoms with E-state index in [4.69, 9.17) is 4.74 Å². The number of nitrogens with zero attached hydrogens (tertiary/aromatic N) is 1. The van der Waals surface area contributed by atoms with Crippen molar-refractivity contribution in [2.75, 3.05) is 11.9 Å². The van der Waals surface area contributed by atoms with Gasteiger partial charge in [-0.3, -0.25) is 4.79 Å². The fourth-order valence-electron chi connectivity index (χ4n) is 2.77. The van der Waals surface area contributed by atoms with Gasteiger partial charge in [0.25, 0.3) is 5.91 Å². The summed E-state index contributed by atoms with van der Waals surface area (Å²) in [6.07, 6.45) is 4.47. The fourth-order valence-corrected chi connectivity index (χ4v) is 3.64. The van der Waals surface area contributed by atoms with Crippen molar-refractivity contribution in [3.63, 3.8) is 0 Å². The van der Waals surface area contributed by atoms with Crippen LogP contribution < -0.4 is 10.1 Å². The van der Waals surface area contributed by atoms with E-state index in [9.17, 15) is 4.79 Å². The summed E-state index contributed by atoms with van der Waals surface area (Å²) in [4.78, 5) is 17.0. The number of amides is 1. The van der Waals surface area contributed by atoms with Crippen LogP contribution in [0.25, 0.3) is 10.2 Å². The number of aromatic nitrogens is 1. The molecule has 1 amide bonds. The number of benzene rings is 2. The van der Waals surface area contributed by atoms with Crippen molar-refractivity contribution in [3.8, 4) is 17.6 Å². The fraction of sp³-hybridized carbons (Fsp3) is 0.304. The average Bonchev–Trinajstić information content (AvgIpc) is 3.06. The van der Waals surface area contributed by atoms with Gasteiger partial charge in [0.15, 0.2) is 0 Å². The van der Waals surface area contributed by atoms with E-state index in [1.807, 2.05) is 43.3 Å². The first kappa shape index (κ1) is 19.9. The molecule has 0 saturated carbocycles. The Morgan fingerprint density at radius 1 is 1.18 bits per heavy atom. The summed E-state index contributed by atoms with van der Waals surface area (Å²) in [6.45, 7) is 4.50. The summed E-state index contributed by atoms with van der Waals surface area (Å²) in [5.74, 6) is 6.70. The SMILES string of the molecule is CCCCCC#CCOc1cccc(NC(=O)c2ccc3nc(C)sc3c2)c1. The lowest BCUT2D eigenvalue weighted by Crippen LogP contribution is -2.11. The summed E-state index contributed by atoms with van der Waals surface area (Å²) in [5, 5.41) is 3.92. The number of unbranched alkanes of at least 4 members (excludes halogenated alkanes) is 3. The van der Waals surface area contributed by atoms with Gasteiger partial charge in [-0.1, -0.05) is 37.7 Å². The topological polar surface area (TPSA) is 51.2 Å². The van der Waals surface area contributed by atoms with Gasteiger partial charge in [-0.15, -0.1) is 11.3 Å². The number of fused-ring (bicyclic) bond motifs is 1. The molecule has 0 unspecified atom stereocenters. The third kappa shape index (κ3) is 5.58. The molecule has 0 radical (unpaired) electrons. The molecule has 0 bridgehead atoms. The number of anilines is 1. The van der Waals surface area contributed by atoms with Crippen LogP contribution in [-0.2, 0) is 0 Å². The molecule has 28 heavy (non-hydrogen) atoms. The minimum atomic E-state index is -0.152. The lowest BCUT2D eigenvalue weighted by atomic mass is 10.2. The molecule has 0 aliphatic carbocycles. The number of carbonyl (C=O) groups excluding carboxylic acids is 1. The zero-order valence-corrected chi connectivity index (χ0v) is 17.1. The summed E-state index contributed by atoms with van der Waals surface area (Å²) in [6, 6.07) is 12.9. The van der Waals surface area contributed by atoms with Gasteiger partial charge in [-0.2, -0.15) is 0 Å². The lowest BCUT2D eigenvalue weighted by molar-refractivity contribution is 0.102. The van der Waals surface area contributed by atoms with Crippen molar-refractivity contribution in [1.82, 2.24) is 4.98 Å². The van der Waals surface area contributed by atoms with Crippen molar-refractivity contribution >= 4 is 33.1 Å². The Morgan fingerprint density at radius 3 is 2.93 bits per heavy atom. The summed E-state index contributed by atoms with van der Waals surface area (Å²) < 4.78 is 6.68. The molecule has 3 rings (SSSR count). The zero-order valence-electron chi connectivity index (χ0n) is 16.2. The van der Waals surface area contributed by atoms with Gasteiger partial charge < -0.3 is 10.1 Å². The Morgan fingerprint density at radius 2 is 2.07 bits per heavy atom. The van der Waals surface area contributed by atoms with Crippen LogP contribution in [0.4, 0.5) is 5.69 Å². The van der Waals surface area contributed by atoms with Gasteiger partial charge in [-0.25, -0.2) is 4.98 Å². The molecule has 3 aromatic rings. The molecular formula is C23H24N2O2S. The van der Waals surface area contributed by atoms with E-state index in [0.717, 1.165) is 28.1 Å². The summed E-state index contributed by atoms with van der Waals surface area (Å²) >= 11 is 1.59. The Kier molecular flexibility index (Phi) is 7.05. The van der Waals surface area contributed by atoms with Crippen LogP contribution in [0.5, 0.6) is 5.75 Å². The second-order valence-electron chi connectivity index (χ2n) is 6.50. The number of ether oxygens (including phenoxy) is 1. The number of aryl methyl sites for hydroxylation is 1. The first-order valence-corrected chi connectivity index (χ1v) is 10.3. The summed E-state index contributed by atoms with van der Waals surface area (Å²) in [7, 11) is 0. The Hall–Kier alpha value is -2.84. The standard InChI is InChI=1S/C23H24N2O2S/c1-3-4-5-6-7-8-14-27-20-11-9-10-19(16-20)25-23(26)18-12-13-21-22(15-18)28-17(2)24-21/h9-13,15-16H,3-6,14H2,1-2H3,(H,25,26). The van der Waals surface area contributed by atoms with Gasteiger partial charge in [0.1, 0.15) is 12.4 Å². The van der Waals surface area contributed by atoms with Crippen molar-refractivity contribution in [2.24, 2.45) is 0 Å². The lowest BCUT2D eigenvalue weighted by Gasteiger charge is -2.08. The van der Waals surface area contributed by atoms with Crippen molar-refractivity contribution < 1.29 is 9.53 Å². The number of hydrogen-bond donors (Lipinski definition) is 1. The molecule has 0 aliphatic heterocycles. The van der Waals surface area contributed by atoms with Gasteiger partial charge in [-0.05, 0) is 43.7 Å². The number of carbonyl (C=O) groups is 1. The maximum absolute atomic E-state index is 12.6. The second kappa shape index (κ2) is 9.91. The predicted molar refractivity (Wildman–Crippen MR) is 116 cm³/mol. The van der Waals surface area contributed by atoms with Crippen LogP contribution in [0.15, 0.2) is 42.5 Å². The molecule has 1 heterocycles. The van der Waals surface area contributed by atoms with E-state index >= 15 is 0 Å². The molecule has 5 heteroatoms. The smallest absolute Gasteiger partial charge is 0.255 e. The van der Waals surface area contributed by atoms with E-state index in [1.165, 1.54) is 12.8 Å². The van der Waals surface area contributed by atoms with Crippen LogP contribution in [0.1, 0.15) is 48.0 Å². The van der Waals surface area contributed by atoms with E-state index in [0.29, 0.717) is 23.6 Å². The van der Waals surface area contributed by atoms with Crippen molar-refractivity contribution in [3.05, 3.63) is 53.0 Å². The number of nitrogens with one attached hydrogen (secondary N) is 1. The van der Waals surface area contributed by atoms with E-state index in [1.54, 1.807) is 17.4 Å². The first-order chi connectivity index (χ1) is 13.7. The number of thiazole rings is 1. The van der Waals surface area contributed by atoms with Gasteiger partial charge in [0.2, 0.25) is 0 Å². The Labute approximate surface area is 170 Å². The van der Waals surface area contributed by atoms with E-state index in [2.05, 4.69) is 29.1 Å². The van der Waals surface area contributed by atoms with Crippen LogP contribution in [-0.4, -0.2) is 17.5 Å². The van der Waals surface area contributed by atoms with Crippen LogP contribution in [0.3, 0.4) is 0 Å². The van der Waals surface area contributed by atoms with Crippen LogP contribution >= 0.6 is 11.3 Å². The highest BCUT2D eigenvalue weighted by atomic mass is 32.1. The highest BCUT2D eigenvalue weighted by Gasteiger charge is 2.09. The molecule has 144 valence electrons. The molecule has 0 atom stereocenters. The first-order valence-electron chi connectivity index (χ1n) is 9.53. The molecule has 4 nitrogen and oxygen atoms in total. The Bertz CT molecular complexity index is 1010. The van der Waals surface area contributed by atoms with Gasteiger partial charge >= 0.3 is 0 Å². The van der Waals surface area contributed by atoms with Crippen molar-refractivity contribution in [2.45, 2.75) is 39.5 Å². The largest absolute Gasteiger partial charge is 0.481 e. The maximum atomic E-state index is 12.6. The number of rotatable bonds is 7. The van der Waals surface area contributed by atoms with E-state index < -0.39 is 0 Å². The number of hydrogen-bond acceptors (Lipinski definition) is 4. The molecule has 0 aliphatic rings. The highest BCUT2D eigenvalue weighted by Crippen LogP contribution is 2.23.